The van der Waals surface area contributed by atoms with Crippen LogP contribution in [-0.2, 0) is 14.2 Å². The Morgan fingerprint density at radius 3 is 2.63 bits per heavy atom. The van der Waals surface area contributed by atoms with E-state index in [1.165, 1.54) is 10.9 Å². The highest BCUT2D eigenvalue weighted by atomic mass is 16.6. The topological polar surface area (TPSA) is 111 Å². The van der Waals surface area contributed by atoms with Crippen molar-refractivity contribution in [3.05, 3.63) is 23.0 Å². The van der Waals surface area contributed by atoms with Gasteiger partial charge in [0.05, 0.1) is 30.4 Å². The van der Waals surface area contributed by atoms with Gasteiger partial charge < -0.3 is 24.3 Å². The number of aromatic amines is 1. The van der Waals surface area contributed by atoms with E-state index in [1.807, 2.05) is 41.5 Å². The molecule has 27 heavy (non-hydrogen) atoms. The van der Waals surface area contributed by atoms with Crippen molar-refractivity contribution in [2.45, 2.75) is 77.3 Å². The number of hydrogen-bond acceptors (Lipinski definition) is 7. The van der Waals surface area contributed by atoms with E-state index in [4.69, 9.17) is 15.6 Å². The van der Waals surface area contributed by atoms with Gasteiger partial charge in [0, 0.05) is 0 Å². The third-order valence-corrected chi connectivity index (χ3v) is 4.04. The van der Waals surface area contributed by atoms with Gasteiger partial charge in [-0.2, -0.15) is 0 Å². The second-order valence-corrected chi connectivity index (χ2v) is 8.66. The molecule has 2 unspecified atom stereocenters. The van der Waals surface area contributed by atoms with Crippen molar-refractivity contribution in [2.75, 3.05) is 6.61 Å². The summed E-state index contributed by atoms with van der Waals surface area (Å²) < 4.78 is 27.4. The zero-order valence-corrected chi connectivity index (χ0v) is 16.5. The minimum Gasteiger partial charge on any atom is -0.386 e. The van der Waals surface area contributed by atoms with Crippen LogP contribution in [-0.4, -0.2) is 60.7 Å². The molecule has 0 amide bonds. The van der Waals surface area contributed by atoms with E-state index in [2.05, 4.69) is 15.0 Å². The van der Waals surface area contributed by atoms with E-state index < -0.39 is 41.3 Å². The second-order valence-electron chi connectivity index (χ2n) is 8.66. The van der Waals surface area contributed by atoms with Crippen LogP contribution >= 0.6 is 0 Å². The van der Waals surface area contributed by atoms with Crippen molar-refractivity contribution in [1.82, 2.24) is 19.5 Å². The van der Waals surface area contributed by atoms with Crippen molar-refractivity contribution in [3.8, 4) is 0 Å². The highest BCUT2D eigenvalue weighted by Crippen LogP contribution is 2.35. The summed E-state index contributed by atoms with van der Waals surface area (Å²) in [5.41, 5.74) is -1.19. The molecule has 150 valence electrons. The molecule has 1 aliphatic rings. The minimum absolute atomic E-state index is 0.0194. The summed E-state index contributed by atoms with van der Waals surface area (Å²) in [5.74, 6) is 0. The van der Waals surface area contributed by atoms with Crippen molar-refractivity contribution in [1.29, 1.82) is 0 Å². The van der Waals surface area contributed by atoms with E-state index in [0.717, 1.165) is 0 Å². The first-order valence-electron chi connectivity index (χ1n) is 9.45. The smallest absolute Gasteiger partial charge is 0.278 e. The molecule has 2 aromatic heterocycles. The third-order valence-electron chi connectivity index (χ3n) is 4.04. The maximum absolute atomic E-state index is 12.0. The lowest BCUT2D eigenvalue weighted by molar-refractivity contribution is -0.138. The quantitative estimate of drug-likeness (QED) is 0.823. The van der Waals surface area contributed by atoms with Gasteiger partial charge in [0.2, 0.25) is 0 Å². The number of aromatic nitrogens is 4. The van der Waals surface area contributed by atoms with E-state index in [0.29, 0.717) is 0 Å². The number of H-pyrrole nitrogens is 1. The summed E-state index contributed by atoms with van der Waals surface area (Å²) in [6.45, 7) is 11.6. The first kappa shape index (κ1) is 18.5. The summed E-state index contributed by atoms with van der Waals surface area (Å²) in [5, 5.41) is 11.0. The van der Waals surface area contributed by atoms with Gasteiger partial charge in [-0.3, -0.25) is 9.36 Å². The summed E-state index contributed by atoms with van der Waals surface area (Å²) in [4.78, 5) is 22.5. The molecular formula is C18H28N4O5. The Balaban J connectivity index is 1.97. The number of aliphatic hydroxyl groups is 1. The molecule has 0 spiro atoms. The summed E-state index contributed by atoms with van der Waals surface area (Å²) in [7, 11) is 0. The SMILES string of the molecule is [2H]c1nc2c(=O)[nH]cnc2n1C1O[C@H](COC(C)(C)C)[C@@H](OC(C)(C)C)C1O. The number of nitrogens with zero attached hydrogens (tertiary/aromatic N) is 3. The molecule has 2 N–H and O–H groups in total. The Hall–Kier alpha value is -1.81. The fraction of sp³-hybridized carbons (Fsp3) is 0.722. The second kappa shape index (κ2) is 6.97. The van der Waals surface area contributed by atoms with Crippen LogP contribution in [0.25, 0.3) is 11.2 Å². The molecule has 2 aromatic rings. The highest BCUT2D eigenvalue weighted by Gasteiger charge is 2.48. The Bertz CT molecular complexity index is 898. The molecule has 0 radical (unpaired) electrons. The van der Waals surface area contributed by atoms with E-state index >= 15 is 0 Å². The van der Waals surface area contributed by atoms with Crippen LogP contribution in [0.2, 0.25) is 0 Å². The Kier molecular flexibility index (Phi) is 4.79. The average molecular weight is 381 g/mol. The van der Waals surface area contributed by atoms with Crippen LogP contribution in [0, 0.1) is 0 Å². The first-order chi connectivity index (χ1) is 12.9. The maximum Gasteiger partial charge on any atom is 0.278 e. The molecule has 1 aliphatic heterocycles. The predicted molar refractivity (Wildman–Crippen MR) is 98.4 cm³/mol. The van der Waals surface area contributed by atoms with Crippen molar-refractivity contribution in [2.24, 2.45) is 0 Å². The number of rotatable bonds is 4. The van der Waals surface area contributed by atoms with Gasteiger partial charge in [-0.05, 0) is 41.5 Å². The minimum atomic E-state index is -1.10. The molecule has 0 aliphatic carbocycles. The van der Waals surface area contributed by atoms with Gasteiger partial charge in [0.15, 0.2) is 17.4 Å². The summed E-state index contributed by atoms with van der Waals surface area (Å²) >= 11 is 0. The lowest BCUT2D eigenvalue weighted by Gasteiger charge is -2.30. The Labute approximate surface area is 159 Å². The molecule has 1 saturated heterocycles. The molecule has 0 saturated carbocycles. The van der Waals surface area contributed by atoms with E-state index in [-0.39, 0.29) is 24.1 Å². The molecule has 0 aromatic carbocycles. The zero-order valence-electron chi connectivity index (χ0n) is 17.5. The van der Waals surface area contributed by atoms with Gasteiger partial charge in [0.1, 0.15) is 19.7 Å². The summed E-state index contributed by atoms with van der Waals surface area (Å²) in [6, 6.07) is 0. The molecule has 9 heteroatoms. The largest absolute Gasteiger partial charge is 0.386 e. The standard InChI is InChI=1S/C18H28N4O5/c1-17(2,3)25-7-10-13(27-18(4,5)6)12(23)16(26-10)22-9-21-11-14(22)19-8-20-15(11)24/h8-10,12-13,16,23H,7H2,1-6H3,(H,19,20,24)/t10-,12?,13-,16?/m1/s1/i9D. The van der Waals surface area contributed by atoms with Gasteiger partial charge in [-0.1, -0.05) is 0 Å². The Morgan fingerprint density at radius 2 is 2.00 bits per heavy atom. The number of ether oxygens (including phenoxy) is 3. The van der Waals surface area contributed by atoms with Crippen LogP contribution in [0.3, 0.4) is 0 Å². The molecule has 4 atom stereocenters. The van der Waals surface area contributed by atoms with Crippen LogP contribution < -0.4 is 5.56 Å². The van der Waals surface area contributed by atoms with E-state index in [1.54, 1.807) is 0 Å². The normalized spacial score (nSPS) is 27.3. The maximum atomic E-state index is 12.0. The fourth-order valence-corrected chi connectivity index (χ4v) is 2.94. The van der Waals surface area contributed by atoms with E-state index in [9.17, 15) is 9.90 Å². The predicted octanol–water partition coefficient (Wildman–Crippen LogP) is 1.38. The molecule has 3 heterocycles. The number of fused-ring (bicyclic) bond motifs is 1. The summed E-state index contributed by atoms with van der Waals surface area (Å²) in [6.07, 6.45) is -2.34. The van der Waals surface area contributed by atoms with Crippen LogP contribution in [0.4, 0.5) is 0 Å². The van der Waals surface area contributed by atoms with Crippen molar-refractivity contribution in [3.63, 3.8) is 0 Å². The van der Waals surface area contributed by atoms with Gasteiger partial charge in [0.25, 0.3) is 5.56 Å². The van der Waals surface area contributed by atoms with Gasteiger partial charge in [-0.25, -0.2) is 9.97 Å². The molecule has 9 nitrogen and oxygen atoms in total. The Morgan fingerprint density at radius 1 is 1.30 bits per heavy atom. The number of nitrogens with one attached hydrogen (secondary N) is 1. The van der Waals surface area contributed by atoms with Gasteiger partial charge in [-0.15, -0.1) is 0 Å². The molecule has 3 rings (SSSR count). The third kappa shape index (κ3) is 4.37. The zero-order chi connectivity index (χ0) is 20.9. The highest BCUT2D eigenvalue weighted by molar-refractivity contribution is 5.68. The molecule has 0 bridgehead atoms. The van der Waals surface area contributed by atoms with Crippen molar-refractivity contribution < 1.29 is 20.7 Å². The van der Waals surface area contributed by atoms with Crippen LogP contribution in [0.1, 0.15) is 49.1 Å². The van der Waals surface area contributed by atoms with Crippen molar-refractivity contribution >= 4 is 11.2 Å². The lowest BCUT2D eigenvalue weighted by Crippen LogP contribution is -2.42. The average Bonchev–Trinajstić information content (AvgIpc) is 3.02. The van der Waals surface area contributed by atoms with Gasteiger partial charge >= 0.3 is 0 Å². The molecule has 1 fully saturated rings. The first-order valence-corrected chi connectivity index (χ1v) is 8.95. The number of aliphatic hydroxyl groups excluding tert-OH is 1. The monoisotopic (exact) mass is 381 g/mol. The van der Waals surface area contributed by atoms with Crippen LogP contribution in [0.15, 0.2) is 17.4 Å². The number of hydrogen-bond donors (Lipinski definition) is 2. The lowest BCUT2D eigenvalue weighted by atomic mass is 10.1. The number of imidazole rings is 1. The van der Waals surface area contributed by atoms with Crippen LogP contribution in [0.5, 0.6) is 0 Å². The fourth-order valence-electron chi connectivity index (χ4n) is 2.94. The molecular weight excluding hydrogens is 352 g/mol.